The molecule has 0 aromatic rings. The molecular weight excluding hydrogens is 983 g/mol. The second-order valence-corrected chi connectivity index (χ2v) is 24.0. The zero-order chi connectivity index (χ0) is 55.2. The van der Waals surface area contributed by atoms with Crippen LogP contribution in [0.2, 0.25) is 0 Å². The normalized spacial score (nSPS) is 15.1. The Morgan fingerprint density at radius 1 is 0.457 bits per heavy atom. The van der Waals surface area contributed by atoms with E-state index in [1.165, 1.54) is 35.2 Å². The number of ketones is 9. The van der Waals surface area contributed by atoms with Crippen molar-refractivity contribution in [3.8, 4) is 0 Å². The van der Waals surface area contributed by atoms with Crippen LogP contribution >= 0.6 is 23.5 Å². The number of esters is 1. The number of carbonyl (C=O) groups excluding carboxylic acids is 10. The lowest BCUT2D eigenvalue weighted by molar-refractivity contribution is -0.138. The molecule has 3 aliphatic carbocycles. The minimum absolute atomic E-state index is 0.0232. The van der Waals surface area contributed by atoms with Crippen molar-refractivity contribution in [3.05, 3.63) is 0 Å². The molecule has 0 bridgehead atoms. The number of carbonyl (C=O) groups is 10. The van der Waals surface area contributed by atoms with E-state index in [2.05, 4.69) is 76.1 Å². The minimum atomic E-state index is -3.37. The summed E-state index contributed by atoms with van der Waals surface area (Å²) in [6.45, 7) is 26.9. The Morgan fingerprint density at radius 2 is 0.757 bits per heavy atom. The number of methoxy groups -OCH3 is 1. The molecule has 0 radical (unpaired) electrons. The third-order valence-corrected chi connectivity index (χ3v) is 14.6. The molecule has 0 atom stereocenters. The molecule has 406 valence electrons. The van der Waals surface area contributed by atoms with Gasteiger partial charge >= 0.3 is 13.6 Å². The Labute approximate surface area is 430 Å². The van der Waals surface area contributed by atoms with Crippen molar-refractivity contribution in [2.24, 2.45) is 45.8 Å². The zero-order valence-electron chi connectivity index (χ0n) is 46.4. The average Bonchev–Trinajstić information content (AvgIpc) is 4.13. The molecule has 0 spiro atoms. The van der Waals surface area contributed by atoms with Gasteiger partial charge in [0.15, 0.2) is 11.6 Å². The number of alkyl halides is 1. The van der Waals surface area contributed by atoms with Crippen molar-refractivity contribution in [2.75, 3.05) is 32.8 Å². The lowest BCUT2D eigenvalue weighted by Crippen LogP contribution is -2.29. The molecule has 3 fully saturated rings. The van der Waals surface area contributed by atoms with Gasteiger partial charge in [0.05, 0.1) is 35.1 Å². The molecule has 3 aliphatic rings. The smallest absolute Gasteiger partial charge is 0.337 e. The van der Waals surface area contributed by atoms with Crippen LogP contribution in [0, 0.1) is 45.8 Å². The maximum Gasteiger partial charge on any atom is 0.337 e. The number of hydrogen-bond donors (Lipinski definition) is 0. The molecule has 0 unspecified atom stereocenters. The Morgan fingerprint density at radius 3 is 0.986 bits per heavy atom. The van der Waals surface area contributed by atoms with Crippen LogP contribution in [0.1, 0.15) is 206 Å². The maximum atomic E-state index is 12.2. The first-order valence-corrected chi connectivity index (χ1v) is 28.1. The van der Waals surface area contributed by atoms with Gasteiger partial charge in [0, 0.05) is 53.2 Å². The summed E-state index contributed by atoms with van der Waals surface area (Å²) in [6, 6.07) is 0. The van der Waals surface area contributed by atoms with Crippen LogP contribution in [0.4, 0.5) is 0 Å². The Bertz CT molecular complexity index is 1720. The number of hydrogen-bond acceptors (Lipinski definition) is 14. The molecule has 14 nitrogen and oxygen atoms in total. The molecule has 0 saturated heterocycles. The van der Waals surface area contributed by atoms with Crippen molar-refractivity contribution >= 4 is 81.5 Å². The highest BCUT2D eigenvalue weighted by Gasteiger charge is 2.56. The second-order valence-electron chi connectivity index (χ2n) is 21.2. The van der Waals surface area contributed by atoms with E-state index in [9.17, 15) is 52.5 Å². The number of rotatable bonds is 28. The van der Waals surface area contributed by atoms with Gasteiger partial charge in [0.25, 0.3) is 0 Å². The number of ether oxygens (including phenoxy) is 1. The molecular formula is C54H94BrO14P. The summed E-state index contributed by atoms with van der Waals surface area (Å²) < 4.78 is 25.6. The first-order valence-electron chi connectivity index (χ1n) is 25.2. The predicted molar refractivity (Wildman–Crippen MR) is 280 cm³/mol. The van der Waals surface area contributed by atoms with Crippen molar-refractivity contribution in [1.29, 1.82) is 0 Å². The standard InChI is InChI=1S/C13H23O5P.C11H17BrO2.C11H18O2.C9H16O2.C7H14O.C3H6O2/c1-10(2)5-6-11(14)13(7-8-13)12(15)9-19(16,17-3)18-4;1-8(2)3-4-9(13)11(5-6-11)10(14)7-12;1-8(2)4-5-10(13)11(6-7-11)9(3)12;1-7(2)4-5-9(11)6-8(3)10;1-6(2)4-5-7(3)8;1-3(4)5-2/h10H,5-9H2,1-4H3;8H,3-7H2,1-2H3;8H,4-7H2,1-3H3;7H,4-6H2,1-3H3;6H,4-5H2,1-3H3;1-2H3. The maximum absolute atomic E-state index is 12.2. The van der Waals surface area contributed by atoms with Gasteiger partial charge in [-0.25, -0.2) is 0 Å². The summed E-state index contributed by atoms with van der Waals surface area (Å²) in [5.74, 6) is 2.99. The minimum Gasteiger partial charge on any atom is -0.469 e. The van der Waals surface area contributed by atoms with Crippen LogP contribution in [0.25, 0.3) is 0 Å². The van der Waals surface area contributed by atoms with Crippen molar-refractivity contribution in [2.45, 2.75) is 206 Å². The Balaban J connectivity index is -0.000000800. The van der Waals surface area contributed by atoms with E-state index in [4.69, 9.17) is 9.05 Å². The third-order valence-electron chi connectivity index (χ3n) is 12.3. The molecule has 3 saturated carbocycles. The summed E-state index contributed by atoms with van der Waals surface area (Å²) in [4.78, 5) is 112. The van der Waals surface area contributed by atoms with Gasteiger partial charge < -0.3 is 18.6 Å². The molecule has 70 heavy (non-hydrogen) atoms. The van der Waals surface area contributed by atoms with Crippen LogP contribution < -0.4 is 0 Å². The van der Waals surface area contributed by atoms with Crippen LogP contribution in [0.15, 0.2) is 0 Å². The fourth-order valence-electron chi connectivity index (χ4n) is 6.57. The molecule has 0 amide bonds. The highest BCUT2D eigenvalue weighted by Crippen LogP contribution is 2.54. The zero-order valence-corrected chi connectivity index (χ0v) is 48.8. The summed E-state index contributed by atoms with van der Waals surface area (Å²) >= 11 is 3.14. The van der Waals surface area contributed by atoms with E-state index in [1.54, 1.807) is 13.8 Å². The van der Waals surface area contributed by atoms with Crippen molar-refractivity contribution < 1.29 is 66.3 Å². The predicted octanol–water partition coefficient (Wildman–Crippen LogP) is 12.1. The summed E-state index contributed by atoms with van der Waals surface area (Å²) in [6.07, 6.45) is 11.4. The molecule has 0 aliphatic heterocycles. The highest BCUT2D eigenvalue weighted by atomic mass is 79.9. The van der Waals surface area contributed by atoms with Gasteiger partial charge in [-0.1, -0.05) is 85.2 Å². The van der Waals surface area contributed by atoms with E-state index in [0.717, 1.165) is 64.2 Å². The van der Waals surface area contributed by atoms with Crippen LogP contribution in [-0.4, -0.2) is 90.8 Å². The van der Waals surface area contributed by atoms with E-state index < -0.39 is 23.8 Å². The first-order chi connectivity index (χ1) is 32.2. The number of Topliss-reactive ketones (excluding diaryl/α,β-unsaturated/α-hetero) is 9. The van der Waals surface area contributed by atoms with Crippen molar-refractivity contribution in [1.82, 2.24) is 0 Å². The van der Waals surface area contributed by atoms with Gasteiger partial charge in [-0.15, -0.1) is 0 Å². The van der Waals surface area contributed by atoms with E-state index in [1.807, 2.05) is 13.8 Å². The topological polar surface area (TPSA) is 215 Å². The third kappa shape index (κ3) is 31.6. The van der Waals surface area contributed by atoms with Crippen LogP contribution in [0.3, 0.4) is 0 Å². The highest BCUT2D eigenvalue weighted by molar-refractivity contribution is 9.09. The monoisotopic (exact) mass is 1080 g/mol. The SMILES string of the molecule is CC(=O)C1(C(=O)CCC(C)C)CC1.CC(=O)CC(=O)CCC(C)C.CC(=O)CCC(C)C.CC(C)CCC(=O)C1(C(=O)CBr)CC1.COC(C)=O.COP(=O)(CC(=O)C1(C(=O)CCC(C)C)CC1)OC. The fraction of sp³-hybridized carbons (Fsp3) is 0.815. The Hall–Kier alpha value is -2.87. The van der Waals surface area contributed by atoms with Gasteiger partial charge in [-0.2, -0.15) is 0 Å². The van der Waals surface area contributed by atoms with Crippen molar-refractivity contribution in [3.63, 3.8) is 0 Å². The molecule has 3 rings (SSSR count). The van der Waals surface area contributed by atoms with Crippen LogP contribution in [-0.2, 0) is 66.3 Å². The average molecular weight is 1080 g/mol. The molecule has 0 aromatic heterocycles. The first kappa shape index (κ1) is 71.4. The quantitative estimate of drug-likeness (QED) is 0.0308. The number of halogens is 1. The largest absolute Gasteiger partial charge is 0.469 e. The summed E-state index contributed by atoms with van der Waals surface area (Å²) in [7, 11) is 0.472. The second kappa shape index (κ2) is 36.1. The lowest BCUT2D eigenvalue weighted by atomic mass is 9.91. The molecule has 0 N–H and O–H groups in total. The summed E-state index contributed by atoms with van der Waals surface area (Å²) in [5, 5.41) is 0.320. The van der Waals surface area contributed by atoms with Gasteiger partial charge in [0.1, 0.15) is 46.6 Å². The van der Waals surface area contributed by atoms with Crippen LogP contribution in [0.5, 0.6) is 0 Å². The lowest BCUT2D eigenvalue weighted by Gasteiger charge is -2.17. The fourth-order valence-corrected chi connectivity index (χ4v) is 8.17. The molecule has 16 heteroatoms. The molecule has 0 aromatic carbocycles. The Kier molecular flexibility index (Phi) is 36.8. The molecule has 0 heterocycles. The van der Waals surface area contributed by atoms with Gasteiger partial charge in [-0.3, -0.25) is 47.7 Å². The van der Waals surface area contributed by atoms with E-state index >= 15 is 0 Å². The van der Waals surface area contributed by atoms with Gasteiger partial charge in [0.2, 0.25) is 0 Å². The van der Waals surface area contributed by atoms with E-state index in [0.29, 0.717) is 79.2 Å². The van der Waals surface area contributed by atoms with E-state index in [-0.39, 0.29) is 64.8 Å². The summed E-state index contributed by atoms with van der Waals surface area (Å²) in [5.41, 5.74) is -2.01. The van der Waals surface area contributed by atoms with Gasteiger partial charge in [-0.05, 0) is 121 Å².